The largest absolute Gasteiger partial charge is 0.296 e. The van der Waals surface area contributed by atoms with Gasteiger partial charge >= 0.3 is 0 Å². The molecule has 0 aliphatic carbocycles. The van der Waals surface area contributed by atoms with E-state index in [4.69, 9.17) is 0 Å². The second-order valence-corrected chi connectivity index (χ2v) is 9.47. The van der Waals surface area contributed by atoms with Crippen LogP contribution in [0.5, 0.6) is 0 Å². The minimum absolute atomic E-state index is 0.00597. The molecule has 1 saturated heterocycles. The third-order valence-corrected chi connectivity index (χ3v) is 6.22. The van der Waals surface area contributed by atoms with Gasteiger partial charge in [0.05, 0.1) is 0 Å². The maximum atomic E-state index is 10.9. The molecule has 1 N–H and O–H groups in total. The Hall–Kier alpha value is -2.42. The Balaban J connectivity index is 0.000000457. The summed E-state index contributed by atoms with van der Waals surface area (Å²) in [5.74, 6) is 0.458. The van der Waals surface area contributed by atoms with E-state index in [1.807, 2.05) is 25.1 Å². The van der Waals surface area contributed by atoms with Gasteiger partial charge < -0.3 is 0 Å². The molecule has 35 heavy (non-hydrogen) atoms. The van der Waals surface area contributed by atoms with Gasteiger partial charge in [0, 0.05) is 12.3 Å². The number of hydrogen-bond acceptors (Lipinski definition) is 2. The Labute approximate surface area is 216 Å². The van der Waals surface area contributed by atoms with E-state index in [2.05, 4.69) is 83.3 Å². The summed E-state index contributed by atoms with van der Waals surface area (Å²) in [5.41, 5.74) is 4.22. The van der Waals surface area contributed by atoms with Crippen molar-refractivity contribution in [3.05, 3.63) is 71.3 Å². The molecular weight excluding hydrogens is 430 g/mol. The van der Waals surface area contributed by atoms with Crippen molar-refractivity contribution < 1.29 is 9.59 Å². The quantitative estimate of drug-likeness (QED) is 0.331. The summed E-state index contributed by atoms with van der Waals surface area (Å²) in [6.07, 6.45) is 10.1. The normalized spacial score (nSPS) is 15.6. The van der Waals surface area contributed by atoms with Gasteiger partial charge in [0.25, 0.3) is 0 Å². The highest BCUT2D eigenvalue weighted by Gasteiger charge is 2.19. The first-order valence-electron chi connectivity index (χ1n) is 13.7. The van der Waals surface area contributed by atoms with Gasteiger partial charge in [0.2, 0.25) is 11.8 Å². The number of aryl methyl sites for hydroxylation is 2. The predicted molar refractivity (Wildman–Crippen MR) is 152 cm³/mol. The summed E-state index contributed by atoms with van der Waals surface area (Å²) < 4.78 is 0. The number of carbonyl (C=O) groups excluding carboxylic acids is 2. The zero-order valence-electron chi connectivity index (χ0n) is 23.5. The second-order valence-electron chi connectivity index (χ2n) is 9.47. The molecule has 0 aromatic heterocycles. The van der Waals surface area contributed by atoms with Gasteiger partial charge in [-0.05, 0) is 49.7 Å². The molecule has 0 spiro atoms. The minimum Gasteiger partial charge on any atom is -0.296 e. The van der Waals surface area contributed by atoms with E-state index in [-0.39, 0.29) is 17.7 Å². The fraction of sp³-hybridized carbons (Fsp3) is 0.562. The molecule has 2 unspecified atom stereocenters. The molecular formula is C32H51NO2. The van der Waals surface area contributed by atoms with Crippen molar-refractivity contribution in [1.29, 1.82) is 0 Å². The van der Waals surface area contributed by atoms with Gasteiger partial charge in [-0.2, -0.15) is 0 Å². The van der Waals surface area contributed by atoms with Crippen LogP contribution in [0.2, 0.25) is 0 Å². The van der Waals surface area contributed by atoms with Crippen LogP contribution in [-0.2, 0) is 16.0 Å². The van der Waals surface area contributed by atoms with E-state index in [1.165, 1.54) is 48.8 Å². The van der Waals surface area contributed by atoms with Crippen LogP contribution in [0.1, 0.15) is 116 Å². The Morgan fingerprint density at radius 3 is 1.89 bits per heavy atom. The number of imide groups is 1. The third-order valence-electron chi connectivity index (χ3n) is 6.22. The van der Waals surface area contributed by atoms with E-state index < -0.39 is 0 Å². The molecule has 0 bridgehead atoms. The van der Waals surface area contributed by atoms with Crippen molar-refractivity contribution in [3.8, 4) is 0 Å². The summed E-state index contributed by atoms with van der Waals surface area (Å²) in [6, 6.07) is 19.3. The van der Waals surface area contributed by atoms with Gasteiger partial charge in [0.1, 0.15) is 0 Å². The number of carbonyl (C=O) groups is 2. The number of amides is 2. The summed E-state index contributed by atoms with van der Waals surface area (Å²) in [5, 5.41) is 2.31. The van der Waals surface area contributed by atoms with Crippen molar-refractivity contribution in [1.82, 2.24) is 5.32 Å². The second kappa shape index (κ2) is 20.9. The van der Waals surface area contributed by atoms with Crippen LogP contribution in [0, 0.1) is 12.8 Å². The van der Waals surface area contributed by atoms with Gasteiger partial charge in [-0.15, -0.1) is 0 Å². The van der Waals surface area contributed by atoms with Crippen LogP contribution in [0.15, 0.2) is 54.6 Å². The number of rotatable bonds is 6. The molecule has 1 fully saturated rings. The molecule has 2 atom stereocenters. The number of hydrogen-bond donors (Lipinski definition) is 1. The maximum absolute atomic E-state index is 10.9. The summed E-state index contributed by atoms with van der Waals surface area (Å²) in [4.78, 5) is 21.6. The Morgan fingerprint density at radius 2 is 1.46 bits per heavy atom. The molecule has 196 valence electrons. The lowest BCUT2D eigenvalue weighted by atomic mass is 9.97. The summed E-state index contributed by atoms with van der Waals surface area (Å²) >= 11 is 0. The van der Waals surface area contributed by atoms with Crippen LogP contribution in [0.4, 0.5) is 0 Å². The molecule has 3 heteroatoms. The van der Waals surface area contributed by atoms with Crippen molar-refractivity contribution >= 4 is 11.8 Å². The molecule has 1 aliphatic heterocycles. The minimum atomic E-state index is -0.130. The van der Waals surface area contributed by atoms with Crippen LogP contribution in [-0.4, -0.2) is 11.8 Å². The summed E-state index contributed by atoms with van der Waals surface area (Å²) in [6.45, 7) is 15.1. The lowest BCUT2D eigenvalue weighted by Crippen LogP contribution is -2.31. The zero-order valence-corrected chi connectivity index (χ0v) is 23.5. The van der Waals surface area contributed by atoms with E-state index in [0.717, 1.165) is 19.3 Å². The molecule has 0 radical (unpaired) electrons. The van der Waals surface area contributed by atoms with Crippen molar-refractivity contribution in [2.45, 2.75) is 112 Å². The number of nitrogens with one attached hydrogen (secondary N) is 1. The Bertz CT molecular complexity index is 779. The van der Waals surface area contributed by atoms with Crippen LogP contribution in [0.25, 0.3) is 0 Å². The fourth-order valence-electron chi connectivity index (χ4n) is 3.37. The lowest BCUT2D eigenvalue weighted by Gasteiger charge is -2.08. The lowest BCUT2D eigenvalue weighted by molar-refractivity contribution is -0.131. The first-order valence-corrected chi connectivity index (χ1v) is 13.7. The highest BCUT2D eigenvalue weighted by molar-refractivity contribution is 5.96. The Kier molecular flexibility index (Phi) is 19.5. The predicted octanol–water partition coefficient (Wildman–Crippen LogP) is 8.79. The molecule has 2 aromatic carbocycles. The highest BCUT2D eigenvalue weighted by Crippen LogP contribution is 2.18. The zero-order chi connectivity index (χ0) is 26.5. The first kappa shape index (κ1) is 32.6. The number of unbranched alkanes of at least 4 members (excludes halogenated alkanes) is 3. The SMILES string of the molecule is CC1CCCC(=O)NC1=O.CCCCCC.CCc1ccc(C(C)CC)cc1.Cc1ccccc1. The third kappa shape index (κ3) is 16.8. The van der Waals surface area contributed by atoms with Gasteiger partial charge in [-0.3, -0.25) is 14.9 Å². The first-order chi connectivity index (χ1) is 16.8. The molecule has 1 heterocycles. The van der Waals surface area contributed by atoms with Crippen molar-refractivity contribution in [2.24, 2.45) is 5.92 Å². The molecule has 2 aromatic rings. The molecule has 2 amide bonds. The van der Waals surface area contributed by atoms with Gasteiger partial charge in [0.15, 0.2) is 0 Å². The van der Waals surface area contributed by atoms with Crippen molar-refractivity contribution in [2.75, 3.05) is 0 Å². The van der Waals surface area contributed by atoms with E-state index in [1.54, 1.807) is 0 Å². The molecule has 0 saturated carbocycles. The average molecular weight is 482 g/mol. The topological polar surface area (TPSA) is 46.2 Å². The van der Waals surface area contributed by atoms with E-state index >= 15 is 0 Å². The smallest absolute Gasteiger partial charge is 0.229 e. The molecule has 3 nitrogen and oxygen atoms in total. The van der Waals surface area contributed by atoms with Gasteiger partial charge in [-0.1, -0.05) is 127 Å². The van der Waals surface area contributed by atoms with Crippen molar-refractivity contribution in [3.63, 3.8) is 0 Å². The van der Waals surface area contributed by atoms with Crippen LogP contribution >= 0.6 is 0 Å². The number of benzene rings is 2. The van der Waals surface area contributed by atoms with Gasteiger partial charge in [-0.25, -0.2) is 0 Å². The van der Waals surface area contributed by atoms with Crippen LogP contribution < -0.4 is 5.32 Å². The summed E-state index contributed by atoms with van der Waals surface area (Å²) in [7, 11) is 0. The maximum Gasteiger partial charge on any atom is 0.229 e. The van der Waals surface area contributed by atoms with E-state index in [0.29, 0.717) is 12.3 Å². The highest BCUT2D eigenvalue weighted by atomic mass is 16.2. The Morgan fingerprint density at radius 1 is 0.886 bits per heavy atom. The molecule has 3 rings (SSSR count). The fourth-order valence-corrected chi connectivity index (χ4v) is 3.37. The monoisotopic (exact) mass is 481 g/mol. The molecule has 1 aliphatic rings. The standard InChI is InChI=1S/C12H18.C7H11NO2.C7H8.C6H14/c1-4-10(3)12-8-6-11(5-2)7-9-12;1-5-3-2-4-6(9)8-7(5)10;1-7-5-3-2-4-6-7;1-3-5-6-4-2/h6-10H,4-5H2,1-3H3;5H,2-4H2,1H3,(H,8,9,10);2-6H,1H3;3-6H2,1-2H3. The van der Waals surface area contributed by atoms with E-state index in [9.17, 15) is 9.59 Å². The van der Waals surface area contributed by atoms with Crippen LogP contribution in [0.3, 0.4) is 0 Å². The average Bonchev–Trinajstić information content (AvgIpc) is 3.02.